The molecule has 1 heterocycles. The number of nitriles is 1. The van der Waals surface area contributed by atoms with Crippen LogP contribution in [0.3, 0.4) is 0 Å². The van der Waals surface area contributed by atoms with Gasteiger partial charge in [0.1, 0.15) is 9.75 Å². The number of aryl methyl sites for hydroxylation is 1. The fraction of sp³-hybridized carbons (Fsp3) is 0.545. The second-order valence-electron chi connectivity index (χ2n) is 4.03. The summed E-state index contributed by atoms with van der Waals surface area (Å²) in [6.45, 7) is 5.30. The molecule has 0 saturated heterocycles. The molecule has 1 aromatic rings. The summed E-state index contributed by atoms with van der Waals surface area (Å²) >= 11 is 6.87. The SMILES string of the molecule is CCC(C#N)(CC)NS(=O)(=O)c1cc(C)c(Cl)s1. The van der Waals surface area contributed by atoms with Crippen molar-refractivity contribution in [3.05, 3.63) is 16.0 Å². The Bertz CT molecular complexity index is 549. The van der Waals surface area contributed by atoms with Crippen LogP contribution in [-0.2, 0) is 10.0 Å². The van der Waals surface area contributed by atoms with Crippen LogP contribution in [0.25, 0.3) is 0 Å². The number of halogens is 1. The normalized spacial score (nSPS) is 12.4. The van der Waals surface area contributed by atoms with Gasteiger partial charge in [0.05, 0.1) is 10.4 Å². The summed E-state index contributed by atoms with van der Waals surface area (Å²) in [5.41, 5.74) is -0.332. The molecule has 0 bridgehead atoms. The van der Waals surface area contributed by atoms with Gasteiger partial charge in [-0.2, -0.15) is 9.98 Å². The van der Waals surface area contributed by atoms with E-state index in [0.717, 1.165) is 16.9 Å². The number of rotatable bonds is 5. The van der Waals surface area contributed by atoms with Crippen LogP contribution in [0.4, 0.5) is 0 Å². The van der Waals surface area contributed by atoms with E-state index < -0.39 is 15.6 Å². The average molecular weight is 307 g/mol. The highest BCUT2D eigenvalue weighted by atomic mass is 35.5. The van der Waals surface area contributed by atoms with Crippen molar-refractivity contribution in [1.29, 1.82) is 5.26 Å². The zero-order valence-electron chi connectivity index (χ0n) is 10.4. The molecule has 0 saturated carbocycles. The predicted molar refractivity (Wildman–Crippen MR) is 73.3 cm³/mol. The quantitative estimate of drug-likeness (QED) is 0.909. The molecule has 0 aliphatic heterocycles. The number of hydrogen-bond donors (Lipinski definition) is 1. The zero-order chi connectivity index (χ0) is 14.0. The van der Waals surface area contributed by atoms with Gasteiger partial charge in [-0.15, -0.1) is 11.3 Å². The molecular weight excluding hydrogens is 292 g/mol. The van der Waals surface area contributed by atoms with E-state index in [1.54, 1.807) is 20.8 Å². The largest absolute Gasteiger partial charge is 0.251 e. The number of nitrogens with zero attached hydrogens (tertiary/aromatic N) is 1. The summed E-state index contributed by atoms with van der Waals surface area (Å²) in [6.07, 6.45) is 0.828. The predicted octanol–water partition coefficient (Wildman–Crippen LogP) is 3.07. The highest BCUT2D eigenvalue weighted by Crippen LogP contribution is 2.31. The van der Waals surface area contributed by atoms with Crippen molar-refractivity contribution in [2.24, 2.45) is 0 Å². The maximum Gasteiger partial charge on any atom is 0.251 e. The molecule has 0 amide bonds. The molecule has 0 unspecified atom stereocenters. The lowest BCUT2D eigenvalue weighted by molar-refractivity contribution is 0.447. The third-order valence-corrected chi connectivity index (χ3v) is 6.42. The van der Waals surface area contributed by atoms with Crippen LogP contribution in [0.2, 0.25) is 4.34 Å². The van der Waals surface area contributed by atoms with Gasteiger partial charge in [0, 0.05) is 0 Å². The summed E-state index contributed by atoms with van der Waals surface area (Å²) < 4.78 is 27.4. The number of thiophene rings is 1. The minimum Gasteiger partial charge on any atom is -0.206 e. The van der Waals surface area contributed by atoms with Gasteiger partial charge in [0.25, 0.3) is 10.0 Å². The molecule has 1 rings (SSSR count). The molecule has 0 aliphatic carbocycles. The van der Waals surface area contributed by atoms with Gasteiger partial charge in [-0.25, -0.2) is 8.42 Å². The summed E-state index contributed by atoms with van der Waals surface area (Å²) in [6, 6.07) is 3.56. The maximum absolute atomic E-state index is 12.2. The minimum absolute atomic E-state index is 0.145. The Morgan fingerprint density at radius 3 is 2.39 bits per heavy atom. The first-order valence-corrected chi connectivity index (χ1v) is 8.19. The zero-order valence-corrected chi connectivity index (χ0v) is 12.8. The van der Waals surface area contributed by atoms with Crippen molar-refractivity contribution in [2.75, 3.05) is 0 Å². The van der Waals surface area contributed by atoms with Crippen LogP contribution in [0.5, 0.6) is 0 Å². The van der Waals surface area contributed by atoms with Crippen LogP contribution < -0.4 is 4.72 Å². The minimum atomic E-state index is -3.69. The molecule has 4 nitrogen and oxygen atoms in total. The van der Waals surface area contributed by atoms with Crippen LogP contribution in [0.1, 0.15) is 32.3 Å². The molecule has 100 valence electrons. The lowest BCUT2D eigenvalue weighted by Crippen LogP contribution is -2.46. The molecular formula is C11H15ClN2O2S2. The molecule has 0 spiro atoms. The summed E-state index contributed by atoms with van der Waals surface area (Å²) in [7, 11) is -3.69. The second kappa shape index (κ2) is 5.57. The Morgan fingerprint density at radius 2 is 2.06 bits per heavy atom. The molecule has 7 heteroatoms. The molecule has 0 fully saturated rings. The molecule has 0 atom stereocenters. The van der Waals surface area contributed by atoms with Crippen molar-refractivity contribution in [2.45, 2.75) is 43.4 Å². The first kappa shape index (κ1) is 15.4. The highest BCUT2D eigenvalue weighted by Gasteiger charge is 2.33. The van der Waals surface area contributed by atoms with E-state index in [4.69, 9.17) is 16.9 Å². The number of hydrogen-bond acceptors (Lipinski definition) is 4. The monoisotopic (exact) mass is 306 g/mol. The van der Waals surface area contributed by atoms with E-state index >= 15 is 0 Å². The van der Waals surface area contributed by atoms with Crippen molar-refractivity contribution in [3.8, 4) is 6.07 Å². The fourth-order valence-corrected chi connectivity index (χ4v) is 4.62. The second-order valence-corrected chi connectivity index (χ2v) is 7.59. The van der Waals surface area contributed by atoms with Crippen molar-refractivity contribution >= 4 is 33.0 Å². The van der Waals surface area contributed by atoms with Crippen LogP contribution >= 0.6 is 22.9 Å². The van der Waals surface area contributed by atoms with Gasteiger partial charge >= 0.3 is 0 Å². The summed E-state index contributed by atoms with van der Waals surface area (Å²) in [5.74, 6) is 0. The van der Waals surface area contributed by atoms with E-state index in [0.29, 0.717) is 17.2 Å². The molecule has 18 heavy (non-hydrogen) atoms. The van der Waals surface area contributed by atoms with Crippen molar-refractivity contribution < 1.29 is 8.42 Å². The Labute approximate surface area is 117 Å². The molecule has 0 radical (unpaired) electrons. The highest BCUT2D eigenvalue weighted by molar-refractivity contribution is 7.91. The number of nitrogens with one attached hydrogen (secondary N) is 1. The van der Waals surface area contributed by atoms with Gasteiger partial charge in [0.2, 0.25) is 0 Å². The van der Waals surface area contributed by atoms with Gasteiger partial charge in [-0.05, 0) is 31.4 Å². The van der Waals surface area contributed by atoms with Gasteiger partial charge < -0.3 is 0 Å². The Morgan fingerprint density at radius 1 is 1.50 bits per heavy atom. The number of sulfonamides is 1. The van der Waals surface area contributed by atoms with E-state index in [2.05, 4.69) is 4.72 Å². The Kier molecular flexibility index (Phi) is 4.78. The summed E-state index contributed by atoms with van der Waals surface area (Å²) in [4.78, 5) is 0. The van der Waals surface area contributed by atoms with E-state index in [1.165, 1.54) is 6.07 Å². The maximum atomic E-state index is 12.2. The van der Waals surface area contributed by atoms with Gasteiger partial charge in [-0.3, -0.25) is 0 Å². The standard InChI is InChI=1S/C11H15ClN2O2S2/c1-4-11(5-2,7-13)14-18(15,16)9-6-8(3)10(12)17-9/h6,14H,4-5H2,1-3H3. The van der Waals surface area contributed by atoms with Crippen molar-refractivity contribution in [3.63, 3.8) is 0 Å². The molecule has 1 N–H and O–H groups in total. The lowest BCUT2D eigenvalue weighted by atomic mass is 9.97. The fourth-order valence-electron chi connectivity index (χ4n) is 1.45. The topological polar surface area (TPSA) is 70.0 Å². The first-order chi connectivity index (χ1) is 8.30. The third kappa shape index (κ3) is 3.04. The Balaban J connectivity index is 3.13. The lowest BCUT2D eigenvalue weighted by Gasteiger charge is -2.23. The van der Waals surface area contributed by atoms with Gasteiger partial charge in [0.15, 0.2) is 0 Å². The third-order valence-electron chi connectivity index (χ3n) is 2.85. The van der Waals surface area contributed by atoms with Crippen LogP contribution in [0.15, 0.2) is 10.3 Å². The molecule has 1 aromatic heterocycles. The molecule has 0 aromatic carbocycles. The van der Waals surface area contributed by atoms with Crippen LogP contribution in [0, 0.1) is 18.3 Å². The summed E-state index contributed by atoms with van der Waals surface area (Å²) in [5, 5.41) is 9.15. The van der Waals surface area contributed by atoms with E-state index in [9.17, 15) is 8.42 Å². The van der Waals surface area contributed by atoms with Gasteiger partial charge in [-0.1, -0.05) is 25.4 Å². The first-order valence-electron chi connectivity index (χ1n) is 5.51. The smallest absolute Gasteiger partial charge is 0.206 e. The molecule has 0 aliphatic rings. The van der Waals surface area contributed by atoms with Crippen molar-refractivity contribution in [1.82, 2.24) is 4.72 Å². The van der Waals surface area contributed by atoms with Crippen LogP contribution in [-0.4, -0.2) is 14.0 Å². The van der Waals surface area contributed by atoms with E-state index in [1.807, 2.05) is 6.07 Å². The average Bonchev–Trinajstić information content (AvgIpc) is 2.68. The Hall–Kier alpha value is -0.610. The van der Waals surface area contributed by atoms with E-state index in [-0.39, 0.29) is 4.21 Å².